The Bertz CT molecular complexity index is 1210. The van der Waals surface area contributed by atoms with Crippen LogP contribution in [-0.2, 0) is 6.42 Å². The van der Waals surface area contributed by atoms with Crippen LogP contribution < -0.4 is 5.19 Å². The summed E-state index contributed by atoms with van der Waals surface area (Å²) < 4.78 is 6.34. The van der Waals surface area contributed by atoms with Crippen molar-refractivity contribution in [1.82, 2.24) is 9.97 Å². The lowest BCUT2D eigenvalue weighted by atomic mass is 9.88. The summed E-state index contributed by atoms with van der Waals surface area (Å²) >= 11 is 0. The average molecular weight is 403 g/mol. The third kappa shape index (κ3) is 3.86. The number of nitrogens with zero attached hydrogens (tertiary/aromatic N) is 2. The minimum Gasteiger partial charge on any atom is -0.437 e. The number of furan rings is 1. The van der Waals surface area contributed by atoms with Crippen LogP contribution in [0.15, 0.2) is 47.1 Å². The molecule has 3 nitrogen and oxygen atoms in total. The maximum atomic E-state index is 6.34. The highest BCUT2D eigenvalue weighted by Gasteiger charge is 2.25. The Balaban J connectivity index is 2.00. The van der Waals surface area contributed by atoms with Gasteiger partial charge in [0.2, 0.25) is 5.71 Å². The first-order valence-electron chi connectivity index (χ1n) is 10.3. The summed E-state index contributed by atoms with van der Waals surface area (Å²) in [5, 5.41) is 3.74. The van der Waals surface area contributed by atoms with Gasteiger partial charge in [0.25, 0.3) is 0 Å². The summed E-state index contributed by atoms with van der Waals surface area (Å²) in [5.74, 6) is 0. The van der Waals surface area contributed by atoms with E-state index in [0.717, 1.165) is 34.2 Å². The topological polar surface area (TPSA) is 38.9 Å². The van der Waals surface area contributed by atoms with E-state index in [9.17, 15) is 0 Å². The van der Waals surface area contributed by atoms with Crippen molar-refractivity contribution in [2.24, 2.45) is 5.41 Å². The van der Waals surface area contributed by atoms with Gasteiger partial charge in [-0.3, -0.25) is 4.98 Å². The quantitative estimate of drug-likeness (QED) is 0.368. The largest absolute Gasteiger partial charge is 0.437 e. The molecular formula is C25H30N2OSi. The van der Waals surface area contributed by atoms with Gasteiger partial charge in [0.15, 0.2) is 0 Å². The molecule has 0 radical (unpaired) electrons. The molecule has 3 aromatic heterocycles. The zero-order chi connectivity index (χ0) is 21.0. The Morgan fingerprint density at radius 3 is 2.45 bits per heavy atom. The van der Waals surface area contributed by atoms with Crippen molar-refractivity contribution in [3.05, 3.63) is 53.9 Å². The number of pyridine rings is 2. The second-order valence-corrected chi connectivity index (χ2v) is 15.4. The van der Waals surface area contributed by atoms with Crippen LogP contribution in [0.25, 0.3) is 33.3 Å². The Morgan fingerprint density at radius 2 is 1.76 bits per heavy atom. The van der Waals surface area contributed by atoms with Crippen molar-refractivity contribution < 1.29 is 4.42 Å². The molecule has 0 unspecified atom stereocenters. The SMILES string of the molecule is Cc1cnc2oc3c(-c4cc(CC(C)(C)C)ccn4)ccc([Si](C)(C)C)c3c2c1. The van der Waals surface area contributed by atoms with Gasteiger partial charge in [-0.05, 0) is 59.3 Å². The van der Waals surface area contributed by atoms with E-state index >= 15 is 0 Å². The van der Waals surface area contributed by atoms with Gasteiger partial charge < -0.3 is 4.42 Å². The standard InChI is InChI=1S/C25H30N2OSi/c1-16-12-19-22-21(29(5,6)7)9-8-18(23(22)28-24(19)27-15-16)20-13-17(10-11-26-20)14-25(2,3)4/h8-13,15H,14H2,1-7H3. The van der Waals surface area contributed by atoms with Crippen LogP contribution >= 0.6 is 0 Å². The molecule has 4 rings (SSSR count). The number of fused-ring (bicyclic) bond motifs is 3. The summed E-state index contributed by atoms with van der Waals surface area (Å²) in [6.07, 6.45) is 4.81. The lowest BCUT2D eigenvalue weighted by Crippen LogP contribution is -2.38. The molecule has 150 valence electrons. The minimum atomic E-state index is -1.57. The van der Waals surface area contributed by atoms with E-state index in [1.165, 1.54) is 16.1 Å². The van der Waals surface area contributed by atoms with E-state index in [2.05, 4.69) is 82.7 Å². The summed E-state index contributed by atoms with van der Waals surface area (Å²) in [6.45, 7) is 16.0. The predicted octanol–water partition coefficient (Wildman–Crippen LogP) is 6.49. The molecule has 0 amide bonds. The molecule has 0 spiro atoms. The lowest BCUT2D eigenvalue weighted by molar-refractivity contribution is 0.411. The van der Waals surface area contributed by atoms with E-state index in [1.807, 2.05) is 12.4 Å². The van der Waals surface area contributed by atoms with E-state index in [1.54, 1.807) is 0 Å². The minimum absolute atomic E-state index is 0.233. The predicted molar refractivity (Wildman–Crippen MR) is 126 cm³/mol. The highest BCUT2D eigenvalue weighted by Crippen LogP contribution is 2.35. The fourth-order valence-corrected chi connectivity index (χ4v) is 5.62. The van der Waals surface area contributed by atoms with Crippen LogP contribution in [0.4, 0.5) is 0 Å². The molecule has 0 N–H and O–H groups in total. The first-order valence-corrected chi connectivity index (χ1v) is 13.8. The lowest BCUT2D eigenvalue weighted by Gasteiger charge is -2.20. The number of benzene rings is 1. The summed E-state index contributed by atoms with van der Waals surface area (Å²) in [7, 11) is -1.57. The van der Waals surface area contributed by atoms with Gasteiger partial charge in [-0.1, -0.05) is 46.5 Å². The second kappa shape index (κ2) is 6.80. The summed E-state index contributed by atoms with van der Waals surface area (Å²) in [6, 6.07) is 11.0. The van der Waals surface area contributed by atoms with Crippen LogP contribution in [0.1, 0.15) is 31.9 Å². The summed E-state index contributed by atoms with van der Waals surface area (Å²) in [4.78, 5) is 9.27. The number of hydrogen-bond acceptors (Lipinski definition) is 3. The molecule has 0 bridgehead atoms. The number of aryl methyl sites for hydroxylation is 1. The van der Waals surface area contributed by atoms with Gasteiger partial charge in [-0.15, -0.1) is 0 Å². The van der Waals surface area contributed by atoms with Gasteiger partial charge in [-0.25, -0.2) is 4.98 Å². The van der Waals surface area contributed by atoms with Crippen LogP contribution in [0.3, 0.4) is 0 Å². The normalized spacial score (nSPS) is 12.8. The van der Waals surface area contributed by atoms with Gasteiger partial charge in [0, 0.05) is 28.7 Å². The Labute approximate surface area is 174 Å². The van der Waals surface area contributed by atoms with E-state index in [-0.39, 0.29) is 5.41 Å². The molecule has 0 aliphatic carbocycles. The third-order valence-corrected chi connectivity index (χ3v) is 7.29. The molecular weight excluding hydrogens is 372 g/mol. The summed E-state index contributed by atoms with van der Waals surface area (Å²) in [5.41, 5.74) is 6.33. The van der Waals surface area contributed by atoms with Gasteiger partial charge in [-0.2, -0.15) is 0 Å². The maximum absolute atomic E-state index is 6.34. The molecule has 0 aliphatic heterocycles. The zero-order valence-electron chi connectivity index (χ0n) is 18.6. The molecule has 1 aromatic carbocycles. The second-order valence-electron chi connectivity index (χ2n) is 10.4. The maximum Gasteiger partial charge on any atom is 0.227 e. The van der Waals surface area contributed by atoms with E-state index in [4.69, 9.17) is 9.40 Å². The molecule has 0 saturated heterocycles. The van der Waals surface area contributed by atoms with E-state index in [0.29, 0.717) is 5.71 Å². The van der Waals surface area contributed by atoms with Crippen molar-refractivity contribution in [1.29, 1.82) is 0 Å². The number of rotatable bonds is 3. The highest BCUT2D eigenvalue weighted by atomic mass is 28.3. The van der Waals surface area contributed by atoms with Crippen molar-refractivity contribution in [3.8, 4) is 11.3 Å². The van der Waals surface area contributed by atoms with Crippen molar-refractivity contribution in [3.63, 3.8) is 0 Å². The molecule has 0 aliphatic rings. The highest BCUT2D eigenvalue weighted by molar-refractivity contribution is 6.90. The molecule has 3 heterocycles. The third-order valence-electron chi connectivity index (χ3n) is 5.26. The zero-order valence-corrected chi connectivity index (χ0v) is 19.6. The molecule has 4 heteroatoms. The number of hydrogen-bond donors (Lipinski definition) is 0. The van der Waals surface area contributed by atoms with Crippen molar-refractivity contribution in [2.75, 3.05) is 0 Å². The first kappa shape index (κ1) is 19.8. The first-order chi connectivity index (χ1) is 13.5. The Hall–Kier alpha value is -2.46. The number of aromatic nitrogens is 2. The molecule has 0 saturated carbocycles. The molecule has 4 aromatic rings. The van der Waals surface area contributed by atoms with Crippen LogP contribution in [0.5, 0.6) is 0 Å². The van der Waals surface area contributed by atoms with Gasteiger partial charge >= 0.3 is 0 Å². The average Bonchev–Trinajstić information content (AvgIpc) is 2.97. The van der Waals surface area contributed by atoms with Crippen molar-refractivity contribution in [2.45, 2.75) is 53.8 Å². The van der Waals surface area contributed by atoms with Crippen LogP contribution in [0.2, 0.25) is 19.6 Å². The fourth-order valence-electron chi connectivity index (χ4n) is 4.04. The fraction of sp³-hybridized carbons (Fsp3) is 0.360. The van der Waals surface area contributed by atoms with Crippen molar-refractivity contribution >= 4 is 35.3 Å². The van der Waals surface area contributed by atoms with Gasteiger partial charge in [0.1, 0.15) is 5.58 Å². The Kier molecular flexibility index (Phi) is 4.65. The van der Waals surface area contributed by atoms with Gasteiger partial charge in [0.05, 0.1) is 13.8 Å². The molecule has 0 atom stereocenters. The monoisotopic (exact) mass is 402 g/mol. The van der Waals surface area contributed by atoms with Crippen LogP contribution in [-0.4, -0.2) is 18.0 Å². The Morgan fingerprint density at radius 1 is 1.00 bits per heavy atom. The molecule has 29 heavy (non-hydrogen) atoms. The van der Waals surface area contributed by atoms with Crippen LogP contribution in [0, 0.1) is 12.3 Å². The molecule has 0 fully saturated rings. The van der Waals surface area contributed by atoms with E-state index < -0.39 is 8.07 Å². The smallest absolute Gasteiger partial charge is 0.227 e.